The van der Waals surface area contributed by atoms with Crippen LogP contribution in [0.1, 0.15) is 25.3 Å². The summed E-state index contributed by atoms with van der Waals surface area (Å²) in [6.45, 7) is 3.29. The molecule has 126 valence electrons. The SMILES string of the molecule is CCC(Cc1ccccc1Br)C(=O)N1CCOC(CC(=O)O)C1. The van der Waals surface area contributed by atoms with E-state index in [-0.39, 0.29) is 18.2 Å². The maximum atomic E-state index is 12.8. The van der Waals surface area contributed by atoms with Gasteiger partial charge in [0.1, 0.15) is 0 Å². The molecule has 1 aromatic carbocycles. The van der Waals surface area contributed by atoms with Crippen molar-refractivity contribution in [1.82, 2.24) is 4.90 Å². The van der Waals surface area contributed by atoms with Crippen molar-refractivity contribution in [1.29, 1.82) is 0 Å². The van der Waals surface area contributed by atoms with E-state index in [2.05, 4.69) is 15.9 Å². The van der Waals surface area contributed by atoms with E-state index in [1.54, 1.807) is 4.90 Å². The smallest absolute Gasteiger partial charge is 0.306 e. The fourth-order valence-electron chi connectivity index (χ4n) is 2.83. The molecule has 2 unspecified atom stereocenters. The van der Waals surface area contributed by atoms with E-state index >= 15 is 0 Å². The summed E-state index contributed by atoms with van der Waals surface area (Å²) in [4.78, 5) is 25.4. The molecule has 2 atom stereocenters. The molecule has 1 heterocycles. The first-order valence-corrected chi connectivity index (χ1v) is 8.66. The second kappa shape index (κ2) is 8.45. The van der Waals surface area contributed by atoms with E-state index in [1.165, 1.54) is 0 Å². The highest BCUT2D eigenvalue weighted by atomic mass is 79.9. The lowest BCUT2D eigenvalue weighted by Gasteiger charge is -2.34. The molecule has 1 N–H and O–H groups in total. The van der Waals surface area contributed by atoms with E-state index in [0.29, 0.717) is 26.1 Å². The number of ether oxygens (including phenoxy) is 1. The largest absolute Gasteiger partial charge is 0.481 e. The first kappa shape index (κ1) is 17.9. The van der Waals surface area contributed by atoms with Gasteiger partial charge in [-0.1, -0.05) is 41.1 Å². The summed E-state index contributed by atoms with van der Waals surface area (Å²) in [6, 6.07) is 7.92. The van der Waals surface area contributed by atoms with Crippen molar-refractivity contribution in [3.8, 4) is 0 Å². The van der Waals surface area contributed by atoms with Crippen molar-refractivity contribution in [2.45, 2.75) is 32.3 Å². The Labute approximate surface area is 144 Å². The molecule has 2 rings (SSSR count). The standard InChI is InChI=1S/C17H22BrNO4/c1-2-12(9-13-5-3-4-6-15(13)18)17(22)19-7-8-23-14(11-19)10-16(20)21/h3-6,12,14H,2,7-11H2,1H3,(H,20,21). The fraction of sp³-hybridized carbons (Fsp3) is 0.529. The van der Waals surface area contributed by atoms with Crippen molar-refractivity contribution in [2.75, 3.05) is 19.7 Å². The Morgan fingerprint density at radius 3 is 2.83 bits per heavy atom. The minimum Gasteiger partial charge on any atom is -0.481 e. The lowest BCUT2D eigenvalue weighted by Crippen LogP contribution is -2.48. The number of hydrogen-bond donors (Lipinski definition) is 1. The number of benzene rings is 1. The van der Waals surface area contributed by atoms with Gasteiger partial charge in [0.25, 0.3) is 0 Å². The molecule has 0 bridgehead atoms. The molecule has 1 saturated heterocycles. The molecule has 1 aliphatic rings. The van der Waals surface area contributed by atoms with Crippen molar-refractivity contribution in [2.24, 2.45) is 5.92 Å². The van der Waals surface area contributed by atoms with Gasteiger partial charge in [0.05, 0.1) is 19.1 Å². The Balaban J connectivity index is 2.01. The van der Waals surface area contributed by atoms with Crippen molar-refractivity contribution in [3.05, 3.63) is 34.3 Å². The minimum atomic E-state index is -0.899. The van der Waals surface area contributed by atoms with E-state index in [9.17, 15) is 9.59 Å². The van der Waals surface area contributed by atoms with Crippen LogP contribution in [-0.4, -0.2) is 47.7 Å². The first-order chi connectivity index (χ1) is 11.0. The summed E-state index contributed by atoms with van der Waals surface area (Å²) in [7, 11) is 0. The highest BCUT2D eigenvalue weighted by molar-refractivity contribution is 9.10. The third-order valence-electron chi connectivity index (χ3n) is 4.12. The second-order valence-corrected chi connectivity index (χ2v) is 6.63. The average molecular weight is 384 g/mol. The molecule has 0 radical (unpaired) electrons. The number of carboxylic acids is 1. The van der Waals surface area contributed by atoms with Crippen LogP contribution in [0.15, 0.2) is 28.7 Å². The van der Waals surface area contributed by atoms with Gasteiger partial charge in [-0.25, -0.2) is 0 Å². The molecule has 0 spiro atoms. The van der Waals surface area contributed by atoms with Gasteiger partial charge in [-0.2, -0.15) is 0 Å². The van der Waals surface area contributed by atoms with Gasteiger partial charge >= 0.3 is 5.97 Å². The highest BCUT2D eigenvalue weighted by Crippen LogP contribution is 2.23. The third kappa shape index (κ3) is 5.04. The van der Waals surface area contributed by atoms with Gasteiger partial charge in [0, 0.05) is 23.5 Å². The summed E-state index contributed by atoms with van der Waals surface area (Å²) in [5.74, 6) is -0.913. The highest BCUT2D eigenvalue weighted by Gasteiger charge is 2.29. The van der Waals surface area contributed by atoms with Crippen LogP contribution in [0.4, 0.5) is 0 Å². The molecule has 23 heavy (non-hydrogen) atoms. The summed E-state index contributed by atoms with van der Waals surface area (Å²) in [5, 5.41) is 8.88. The van der Waals surface area contributed by atoms with Gasteiger partial charge < -0.3 is 14.7 Å². The molecule has 1 fully saturated rings. The monoisotopic (exact) mass is 383 g/mol. The number of carbonyl (C=O) groups excluding carboxylic acids is 1. The Hall–Kier alpha value is -1.40. The van der Waals surface area contributed by atoms with Gasteiger partial charge in [-0.05, 0) is 24.5 Å². The molecular weight excluding hydrogens is 362 g/mol. The van der Waals surface area contributed by atoms with Crippen LogP contribution in [0.2, 0.25) is 0 Å². The lowest BCUT2D eigenvalue weighted by molar-refractivity contribution is -0.149. The molecule has 0 aliphatic carbocycles. The molecule has 0 saturated carbocycles. The zero-order valence-electron chi connectivity index (χ0n) is 13.2. The van der Waals surface area contributed by atoms with E-state index in [0.717, 1.165) is 16.5 Å². The maximum absolute atomic E-state index is 12.8. The zero-order chi connectivity index (χ0) is 16.8. The molecule has 1 aliphatic heterocycles. The Kier molecular flexibility index (Phi) is 6.59. The summed E-state index contributed by atoms with van der Waals surface area (Å²) >= 11 is 3.53. The lowest BCUT2D eigenvalue weighted by atomic mass is 9.95. The Morgan fingerprint density at radius 1 is 1.43 bits per heavy atom. The minimum absolute atomic E-state index is 0.0647. The van der Waals surface area contributed by atoms with Crippen LogP contribution in [0, 0.1) is 5.92 Å². The zero-order valence-corrected chi connectivity index (χ0v) is 14.8. The predicted molar refractivity (Wildman–Crippen MR) is 90.2 cm³/mol. The van der Waals surface area contributed by atoms with Gasteiger partial charge in [-0.15, -0.1) is 0 Å². The average Bonchev–Trinajstić information content (AvgIpc) is 2.53. The number of morpholine rings is 1. The number of aliphatic carboxylic acids is 1. The van der Waals surface area contributed by atoms with Crippen LogP contribution in [0.3, 0.4) is 0 Å². The van der Waals surface area contributed by atoms with Crippen LogP contribution in [0.25, 0.3) is 0 Å². The van der Waals surface area contributed by atoms with Gasteiger partial charge in [0.2, 0.25) is 5.91 Å². The van der Waals surface area contributed by atoms with Crippen LogP contribution in [0.5, 0.6) is 0 Å². The number of carboxylic acid groups (broad SMARTS) is 1. The predicted octanol–water partition coefficient (Wildman–Crippen LogP) is 2.72. The van der Waals surface area contributed by atoms with Crippen LogP contribution >= 0.6 is 15.9 Å². The summed E-state index contributed by atoms with van der Waals surface area (Å²) in [5.41, 5.74) is 1.11. The Morgan fingerprint density at radius 2 is 2.17 bits per heavy atom. The normalized spacial score (nSPS) is 19.4. The van der Waals surface area contributed by atoms with Gasteiger partial charge in [-0.3, -0.25) is 9.59 Å². The number of nitrogens with zero attached hydrogens (tertiary/aromatic N) is 1. The number of carbonyl (C=O) groups is 2. The second-order valence-electron chi connectivity index (χ2n) is 5.78. The van der Waals surface area contributed by atoms with E-state index in [4.69, 9.17) is 9.84 Å². The van der Waals surface area contributed by atoms with Crippen molar-refractivity contribution >= 4 is 27.8 Å². The number of rotatable bonds is 6. The molecule has 0 aromatic heterocycles. The van der Waals surface area contributed by atoms with E-state index in [1.807, 2.05) is 31.2 Å². The molecule has 1 aromatic rings. The quantitative estimate of drug-likeness (QED) is 0.819. The van der Waals surface area contributed by atoms with Gasteiger partial charge in [0.15, 0.2) is 0 Å². The third-order valence-corrected chi connectivity index (χ3v) is 4.89. The van der Waals surface area contributed by atoms with Crippen LogP contribution < -0.4 is 0 Å². The van der Waals surface area contributed by atoms with Crippen LogP contribution in [-0.2, 0) is 20.7 Å². The number of halogens is 1. The molecule has 1 amide bonds. The fourth-order valence-corrected chi connectivity index (χ4v) is 3.28. The number of amides is 1. The maximum Gasteiger partial charge on any atom is 0.306 e. The van der Waals surface area contributed by atoms with Crippen molar-refractivity contribution < 1.29 is 19.4 Å². The molecular formula is C17H22BrNO4. The molecule has 6 heteroatoms. The summed E-state index contributed by atoms with van der Waals surface area (Å²) < 4.78 is 6.45. The molecule has 5 nitrogen and oxygen atoms in total. The number of hydrogen-bond acceptors (Lipinski definition) is 3. The van der Waals surface area contributed by atoms with E-state index < -0.39 is 12.1 Å². The Bertz CT molecular complexity index is 563. The first-order valence-electron chi connectivity index (χ1n) is 7.86. The van der Waals surface area contributed by atoms with Crippen molar-refractivity contribution in [3.63, 3.8) is 0 Å². The summed E-state index contributed by atoms with van der Waals surface area (Å²) in [6.07, 6.45) is 0.954. The topological polar surface area (TPSA) is 66.8 Å².